The maximum atomic E-state index is 11.9. The Balaban J connectivity index is 2.54. The number of amides is 1. The molecule has 0 spiro atoms. The Morgan fingerprint density at radius 3 is 2.89 bits per heavy atom. The van der Waals surface area contributed by atoms with E-state index in [1.165, 1.54) is 0 Å². The van der Waals surface area contributed by atoms with Crippen LogP contribution in [0.1, 0.15) is 37.2 Å². The molecule has 0 radical (unpaired) electrons. The van der Waals surface area contributed by atoms with E-state index in [0.29, 0.717) is 12.2 Å². The molecule has 1 rings (SSSR count). The van der Waals surface area contributed by atoms with Crippen LogP contribution in [-0.2, 0) is 0 Å². The number of pyridine rings is 1. The molecule has 100 valence electrons. The average Bonchev–Trinajstić information content (AvgIpc) is 2.34. The second-order valence-electron chi connectivity index (χ2n) is 5.12. The summed E-state index contributed by atoms with van der Waals surface area (Å²) in [6, 6.07) is 3.34. The number of nitrogens with zero attached hydrogens (tertiary/aromatic N) is 1. The molecule has 5 heteroatoms. The lowest BCUT2D eigenvalue weighted by Gasteiger charge is -2.24. The van der Waals surface area contributed by atoms with Crippen molar-refractivity contribution in [2.45, 2.75) is 26.7 Å². The van der Waals surface area contributed by atoms with Crippen molar-refractivity contribution in [3.8, 4) is 0 Å². The van der Waals surface area contributed by atoms with Crippen molar-refractivity contribution in [1.82, 2.24) is 10.3 Å². The van der Waals surface area contributed by atoms with E-state index in [9.17, 15) is 4.79 Å². The molecule has 4 N–H and O–H groups in total. The molecule has 0 unspecified atom stereocenters. The van der Waals surface area contributed by atoms with Gasteiger partial charge in [0, 0.05) is 19.3 Å². The molecule has 18 heavy (non-hydrogen) atoms. The van der Waals surface area contributed by atoms with E-state index in [-0.39, 0.29) is 23.6 Å². The SMILES string of the molecule is CC(C)(CCCO)CNC(=O)c1ncccc1N. The summed E-state index contributed by atoms with van der Waals surface area (Å²) in [5.74, 6) is -0.259. The third-order valence-corrected chi connectivity index (χ3v) is 2.79. The minimum absolute atomic E-state index is 0.0536. The number of nitrogens with two attached hydrogens (primary N) is 1. The van der Waals surface area contributed by atoms with Gasteiger partial charge in [0.05, 0.1) is 5.69 Å². The maximum absolute atomic E-state index is 11.9. The number of nitrogen functional groups attached to an aromatic ring is 1. The molecule has 1 aromatic rings. The van der Waals surface area contributed by atoms with E-state index < -0.39 is 0 Å². The summed E-state index contributed by atoms with van der Waals surface area (Å²) >= 11 is 0. The molecular weight excluding hydrogens is 230 g/mol. The first-order valence-corrected chi connectivity index (χ1v) is 6.06. The van der Waals surface area contributed by atoms with Crippen molar-refractivity contribution >= 4 is 11.6 Å². The van der Waals surface area contributed by atoms with E-state index in [1.807, 2.05) is 13.8 Å². The number of aromatic nitrogens is 1. The molecule has 0 atom stereocenters. The van der Waals surface area contributed by atoms with E-state index in [1.54, 1.807) is 18.3 Å². The van der Waals surface area contributed by atoms with Crippen molar-refractivity contribution < 1.29 is 9.90 Å². The molecule has 5 nitrogen and oxygen atoms in total. The monoisotopic (exact) mass is 251 g/mol. The Morgan fingerprint density at radius 2 is 2.28 bits per heavy atom. The van der Waals surface area contributed by atoms with E-state index >= 15 is 0 Å². The molecule has 0 aromatic carbocycles. The molecule has 0 fully saturated rings. The van der Waals surface area contributed by atoms with Gasteiger partial charge in [-0.15, -0.1) is 0 Å². The third-order valence-electron chi connectivity index (χ3n) is 2.79. The van der Waals surface area contributed by atoms with Crippen LogP contribution in [0.3, 0.4) is 0 Å². The zero-order valence-electron chi connectivity index (χ0n) is 10.9. The van der Waals surface area contributed by atoms with Gasteiger partial charge in [0.25, 0.3) is 5.91 Å². The van der Waals surface area contributed by atoms with E-state index in [0.717, 1.165) is 12.8 Å². The quantitative estimate of drug-likeness (QED) is 0.708. The highest BCUT2D eigenvalue weighted by Crippen LogP contribution is 2.21. The molecule has 0 aliphatic heterocycles. The van der Waals surface area contributed by atoms with Crippen LogP contribution in [0.2, 0.25) is 0 Å². The summed E-state index contributed by atoms with van der Waals surface area (Å²) in [5, 5.41) is 11.6. The minimum Gasteiger partial charge on any atom is -0.397 e. The van der Waals surface area contributed by atoms with Crippen LogP contribution < -0.4 is 11.1 Å². The van der Waals surface area contributed by atoms with Crippen LogP contribution in [0.25, 0.3) is 0 Å². The lowest BCUT2D eigenvalue weighted by atomic mass is 9.88. The van der Waals surface area contributed by atoms with Crippen LogP contribution in [0.4, 0.5) is 5.69 Å². The predicted octanol–water partition coefficient (Wildman–Crippen LogP) is 1.19. The topological polar surface area (TPSA) is 88.2 Å². The molecular formula is C13H21N3O2. The van der Waals surface area contributed by atoms with Crippen molar-refractivity contribution in [3.05, 3.63) is 24.0 Å². The average molecular weight is 251 g/mol. The third kappa shape index (κ3) is 4.33. The number of hydrogen-bond donors (Lipinski definition) is 3. The number of nitrogens with one attached hydrogen (secondary N) is 1. The first-order chi connectivity index (χ1) is 8.46. The molecule has 0 aliphatic rings. The lowest BCUT2D eigenvalue weighted by molar-refractivity contribution is 0.0929. The smallest absolute Gasteiger partial charge is 0.272 e. The highest BCUT2D eigenvalue weighted by Gasteiger charge is 2.19. The van der Waals surface area contributed by atoms with Gasteiger partial charge in [-0.05, 0) is 30.4 Å². The fraction of sp³-hybridized carbons (Fsp3) is 0.538. The van der Waals surface area contributed by atoms with Gasteiger partial charge in [0.1, 0.15) is 0 Å². The molecule has 1 amide bonds. The number of anilines is 1. The van der Waals surface area contributed by atoms with Gasteiger partial charge in [-0.3, -0.25) is 4.79 Å². The molecule has 0 saturated carbocycles. The largest absolute Gasteiger partial charge is 0.397 e. The van der Waals surface area contributed by atoms with Gasteiger partial charge >= 0.3 is 0 Å². The summed E-state index contributed by atoms with van der Waals surface area (Å²) in [6.45, 7) is 4.79. The van der Waals surface area contributed by atoms with Crippen LogP contribution in [0.5, 0.6) is 0 Å². The number of rotatable bonds is 6. The Bertz CT molecular complexity index is 405. The van der Waals surface area contributed by atoms with E-state index in [2.05, 4.69) is 10.3 Å². The zero-order valence-corrected chi connectivity index (χ0v) is 10.9. The summed E-state index contributed by atoms with van der Waals surface area (Å²) in [5.41, 5.74) is 6.27. The highest BCUT2D eigenvalue weighted by molar-refractivity contribution is 5.96. The molecule has 0 bridgehead atoms. The summed E-state index contributed by atoms with van der Waals surface area (Å²) in [6.07, 6.45) is 3.12. The Kier molecular flexibility index (Phi) is 5.09. The van der Waals surface area contributed by atoms with Crippen LogP contribution >= 0.6 is 0 Å². The molecule has 0 aliphatic carbocycles. The maximum Gasteiger partial charge on any atom is 0.272 e. The van der Waals surface area contributed by atoms with Crippen molar-refractivity contribution in [2.24, 2.45) is 5.41 Å². The highest BCUT2D eigenvalue weighted by atomic mass is 16.2. The van der Waals surface area contributed by atoms with Gasteiger partial charge in [0.2, 0.25) is 0 Å². The summed E-state index contributed by atoms with van der Waals surface area (Å²) in [7, 11) is 0. The number of carbonyl (C=O) groups is 1. The van der Waals surface area contributed by atoms with Crippen molar-refractivity contribution in [2.75, 3.05) is 18.9 Å². The lowest BCUT2D eigenvalue weighted by Crippen LogP contribution is -2.34. The fourth-order valence-corrected chi connectivity index (χ4v) is 1.66. The van der Waals surface area contributed by atoms with Crippen LogP contribution in [0, 0.1) is 5.41 Å². The first-order valence-electron chi connectivity index (χ1n) is 6.06. The van der Waals surface area contributed by atoms with E-state index in [4.69, 9.17) is 10.8 Å². The number of hydrogen-bond acceptors (Lipinski definition) is 4. The molecule has 1 heterocycles. The second kappa shape index (κ2) is 6.35. The molecule has 0 saturated heterocycles. The van der Waals surface area contributed by atoms with Gasteiger partial charge < -0.3 is 16.2 Å². The normalized spacial score (nSPS) is 11.3. The minimum atomic E-state index is -0.259. The fourth-order valence-electron chi connectivity index (χ4n) is 1.66. The number of aliphatic hydroxyl groups excluding tert-OH is 1. The predicted molar refractivity (Wildman–Crippen MR) is 71.1 cm³/mol. The van der Waals surface area contributed by atoms with Gasteiger partial charge in [0.15, 0.2) is 5.69 Å². The Hall–Kier alpha value is -1.62. The standard InChI is InChI=1S/C13H21N3O2/c1-13(2,6-4-8-17)9-16-12(18)11-10(14)5-3-7-15-11/h3,5,7,17H,4,6,8-9,14H2,1-2H3,(H,16,18). The number of carbonyl (C=O) groups excluding carboxylic acids is 1. The summed E-state index contributed by atoms with van der Waals surface area (Å²) < 4.78 is 0. The van der Waals surface area contributed by atoms with Gasteiger partial charge in [-0.1, -0.05) is 13.8 Å². The van der Waals surface area contributed by atoms with Crippen LogP contribution in [0.15, 0.2) is 18.3 Å². The first kappa shape index (κ1) is 14.4. The van der Waals surface area contributed by atoms with Crippen molar-refractivity contribution in [1.29, 1.82) is 0 Å². The Labute approximate surface area is 107 Å². The van der Waals surface area contributed by atoms with Crippen molar-refractivity contribution in [3.63, 3.8) is 0 Å². The Morgan fingerprint density at radius 1 is 1.56 bits per heavy atom. The summed E-state index contributed by atoms with van der Waals surface area (Å²) in [4.78, 5) is 15.8. The number of aliphatic hydroxyl groups is 1. The second-order valence-corrected chi connectivity index (χ2v) is 5.12. The van der Waals surface area contributed by atoms with Crippen LogP contribution in [-0.4, -0.2) is 29.1 Å². The zero-order chi connectivity index (χ0) is 13.6. The van der Waals surface area contributed by atoms with Gasteiger partial charge in [-0.2, -0.15) is 0 Å². The van der Waals surface area contributed by atoms with Gasteiger partial charge in [-0.25, -0.2) is 4.98 Å². The molecule has 1 aromatic heterocycles.